The zero-order chi connectivity index (χ0) is 10.6. The summed E-state index contributed by atoms with van der Waals surface area (Å²) in [6.45, 7) is 7.33. The normalized spacial score (nSPS) is 27.9. The van der Waals surface area contributed by atoms with E-state index in [0.29, 0.717) is 4.59 Å². The number of quaternary nitrogens is 1. The first kappa shape index (κ1) is 11.1. The Hall–Kier alpha value is -0.960. The van der Waals surface area contributed by atoms with E-state index in [9.17, 15) is 0 Å². The molecule has 3 nitrogen and oxygen atoms in total. The lowest BCUT2D eigenvalue weighted by Gasteiger charge is -2.35. The van der Waals surface area contributed by atoms with E-state index in [1.165, 1.54) is 0 Å². The SMILES string of the molecule is CCC(C)OC1=CC=CN[N@@+]1(C)CC. The van der Waals surface area contributed by atoms with Crippen LogP contribution in [0.3, 0.4) is 0 Å². The monoisotopic (exact) mass is 197 g/mol. The van der Waals surface area contributed by atoms with Crippen molar-refractivity contribution in [1.82, 2.24) is 5.43 Å². The van der Waals surface area contributed by atoms with Crippen molar-refractivity contribution in [3.05, 3.63) is 24.2 Å². The minimum Gasteiger partial charge on any atom is -0.447 e. The summed E-state index contributed by atoms with van der Waals surface area (Å²) in [6, 6.07) is 0. The average molecular weight is 197 g/mol. The van der Waals surface area contributed by atoms with Gasteiger partial charge in [-0.15, -0.1) is 0 Å². The highest BCUT2D eigenvalue weighted by atomic mass is 16.5. The number of nitrogens with zero attached hydrogens (tertiary/aromatic N) is 1. The van der Waals surface area contributed by atoms with Gasteiger partial charge in [-0.3, -0.25) is 0 Å². The first-order chi connectivity index (χ1) is 6.62. The lowest BCUT2D eigenvalue weighted by molar-refractivity contribution is -0.924. The van der Waals surface area contributed by atoms with Gasteiger partial charge in [0.15, 0.2) is 0 Å². The fraction of sp³-hybridized carbons (Fsp3) is 0.636. The number of hydrogen-bond acceptors (Lipinski definition) is 2. The van der Waals surface area contributed by atoms with Crippen LogP contribution in [-0.4, -0.2) is 24.3 Å². The third-order valence-electron chi connectivity index (χ3n) is 2.71. The summed E-state index contributed by atoms with van der Waals surface area (Å²) in [4.78, 5) is 0. The highest BCUT2D eigenvalue weighted by Crippen LogP contribution is 2.18. The smallest absolute Gasteiger partial charge is 0.316 e. The summed E-state index contributed by atoms with van der Waals surface area (Å²) in [6.07, 6.45) is 7.27. The second kappa shape index (κ2) is 4.51. The first-order valence-corrected chi connectivity index (χ1v) is 5.29. The molecule has 0 fully saturated rings. The maximum Gasteiger partial charge on any atom is 0.316 e. The van der Waals surface area contributed by atoms with E-state index in [2.05, 4.69) is 33.2 Å². The Balaban J connectivity index is 2.72. The van der Waals surface area contributed by atoms with Crippen LogP contribution in [0.15, 0.2) is 24.2 Å². The van der Waals surface area contributed by atoms with Crippen LogP contribution >= 0.6 is 0 Å². The van der Waals surface area contributed by atoms with Crippen LogP contribution < -0.4 is 5.43 Å². The van der Waals surface area contributed by atoms with Crippen molar-refractivity contribution in [2.75, 3.05) is 13.6 Å². The van der Waals surface area contributed by atoms with Gasteiger partial charge in [0.1, 0.15) is 12.6 Å². The van der Waals surface area contributed by atoms with E-state index in [1.807, 2.05) is 18.4 Å². The van der Waals surface area contributed by atoms with Crippen LogP contribution in [0.2, 0.25) is 0 Å². The minimum atomic E-state index is 0.276. The molecule has 1 N–H and O–H groups in total. The Morgan fingerprint density at radius 3 is 2.79 bits per heavy atom. The van der Waals surface area contributed by atoms with Gasteiger partial charge in [-0.05, 0) is 26.3 Å². The third-order valence-corrected chi connectivity index (χ3v) is 2.71. The van der Waals surface area contributed by atoms with Gasteiger partial charge in [0.2, 0.25) is 0 Å². The molecule has 0 aromatic rings. The van der Waals surface area contributed by atoms with Crippen molar-refractivity contribution >= 4 is 0 Å². The third kappa shape index (κ3) is 2.29. The molecule has 2 atom stereocenters. The largest absolute Gasteiger partial charge is 0.447 e. The number of rotatable bonds is 4. The van der Waals surface area contributed by atoms with Crippen molar-refractivity contribution < 1.29 is 9.33 Å². The highest BCUT2D eigenvalue weighted by Gasteiger charge is 2.29. The number of hydrogen-bond donors (Lipinski definition) is 1. The van der Waals surface area contributed by atoms with Crippen molar-refractivity contribution in [3.63, 3.8) is 0 Å². The van der Waals surface area contributed by atoms with E-state index >= 15 is 0 Å². The molecule has 0 bridgehead atoms. The Morgan fingerprint density at radius 2 is 2.21 bits per heavy atom. The Morgan fingerprint density at radius 1 is 1.50 bits per heavy atom. The Kier molecular flexibility index (Phi) is 3.58. The lowest BCUT2D eigenvalue weighted by atomic mass is 10.3. The van der Waals surface area contributed by atoms with E-state index in [4.69, 9.17) is 4.74 Å². The van der Waals surface area contributed by atoms with Gasteiger partial charge in [-0.2, -0.15) is 4.59 Å². The zero-order valence-corrected chi connectivity index (χ0v) is 9.58. The van der Waals surface area contributed by atoms with Crippen LogP contribution in [-0.2, 0) is 4.74 Å². The van der Waals surface area contributed by atoms with Gasteiger partial charge in [0, 0.05) is 12.3 Å². The maximum absolute atomic E-state index is 5.87. The summed E-state index contributed by atoms with van der Waals surface area (Å²) < 4.78 is 6.51. The number of ether oxygens (including phenoxy) is 1. The Bertz CT molecular complexity index is 248. The van der Waals surface area contributed by atoms with Gasteiger partial charge >= 0.3 is 5.88 Å². The van der Waals surface area contributed by atoms with Crippen molar-refractivity contribution in [2.45, 2.75) is 33.3 Å². The van der Waals surface area contributed by atoms with Crippen LogP contribution in [0.25, 0.3) is 0 Å². The molecule has 0 aliphatic carbocycles. The summed E-state index contributed by atoms with van der Waals surface area (Å²) in [5.41, 5.74) is 3.29. The molecule has 0 amide bonds. The molecule has 0 aromatic carbocycles. The summed E-state index contributed by atoms with van der Waals surface area (Å²) >= 11 is 0. The predicted molar refractivity (Wildman–Crippen MR) is 57.9 cm³/mol. The van der Waals surface area contributed by atoms with Crippen LogP contribution in [0, 0.1) is 0 Å². The van der Waals surface area contributed by atoms with E-state index in [0.717, 1.165) is 18.8 Å². The van der Waals surface area contributed by atoms with Gasteiger partial charge in [-0.25, -0.2) is 5.43 Å². The first-order valence-electron chi connectivity index (χ1n) is 5.29. The molecule has 0 saturated heterocycles. The Labute approximate surface area is 86.6 Å². The van der Waals surface area contributed by atoms with Crippen LogP contribution in [0.1, 0.15) is 27.2 Å². The fourth-order valence-electron chi connectivity index (χ4n) is 1.26. The standard InChI is InChI=1S/C11H21N2O/c1-5-10(3)14-11-8-7-9-12-13(11,4)6-2/h7-10,12H,5-6H2,1-4H3/q+1/t10?,13-/m0/s1. The van der Waals surface area contributed by atoms with Crippen molar-refractivity contribution in [3.8, 4) is 0 Å². The molecule has 0 aromatic heterocycles. The van der Waals surface area contributed by atoms with E-state index in [1.54, 1.807) is 0 Å². The van der Waals surface area contributed by atoms with Crippen LogP contribution in [0.4, 0.5) is 0 Å². The second-order valence-electron chi connectivity index (χ2n) is 3.84. The van der Waals surface area contributed by atoms with Gasteiger partial charge in [0.25, 0.3) is 0 Å². The molecular formula is C11H21N2O+. The fourth-order valence-corrected chi connectivity index (χ4v) is 1.26. The molecule has 0 spiro atoms. The molecule has 1 rings (SSSR count). The number of allylic oxidation sites excluding steroid dienone is 2. The van der Waals surface area contributed by atoms with E-state index < -0.39 is 0 Å². The molecule has 0 radical (unpaired) electrons. The van der Waals surface area contributed by atoms with Crippen molar-refractivity contribution in [2.24, 2.45) is 0 Å². The molecule has 0 saturated carbocycles. The van der Waals surface area contributed by atoms with Crippen LogP contribution in [0.5, 0.6) is 0 Å². The lowest BCUT2D eigenvalue weighted by Crippen LogP contribution is -2.53. The molecular weight excluding hydrogens is 176 g/mol. The molecule has 1 aliphatic rings. The maximum atomic E-state index is 5.87. The molecule has 80 valence electrons. The van der Waals surface area contributed by atoms with E-state index in [-0.39, 0.29) is 6.10 Å². The average Bonchev–Trinajstić information content (AvgIpc) is 2.21. The van der Waals surface area contributed by atoms with Gasteiger partial charge in [0.05, 0.1) is 7.05 Å². The second-order valence-corrected chi connectivity index (χ2v) is 3.84. The summed E-state index contributed by atoms with van der Waals surface area (Å²) in [5.74, 6) is 0.990. The molecule has 1 aliphatic heterocycles. The molecule has 3 heteroatoms. The topological polar surface area (TPSA) is 21.3 Å². The minimum absolute atomic E-state index is 0.276. The van der Waals surface area contributed by atoms with Gasteiger partial charge in [-0.1, -0.05) is 6.92 Å². The zero-order valence-electron chi connectivity index (χ0n) is 9.58. The van der Waals surface area contributed by atoms with Crippen molar-refractivity contribution in [1.29, 1.82) is 0 Å². The highest BCUT2D eigenvalue weighted by molar-refractivity contribution is 5.05. The summed E-state index contributed by atoms with van der Waals surface area (Å²) in [5, 5.41) is 0. The molecule has 1 unspecified atom stereocenters. The quantitative estimate of drug-likeness (QED) is 0.697. The predicted octanol–water partition coefficient (Wildman–Crippen LogP) is 2.14. The number of nitrogens with one attached hydrogen (secondary N) is 1. The summed E-state index contributed by atoms with van der Waals surface area (Å²) in [7, 11) is 2.11. The van der Waals surface area contributed by atoms with Gasteiger partial charge < -0.3 is 4.74 Å². The molecule has 14 heavy (non-hydrogen) atoms. The molecule has 1 heterocycles.